The van der Waals surface area contributed by atoms with Gasteiger partial charge in [0.15, 0.2) is 5.00 Å². The van der Waals surface area contributed by atoms with Gasteiger partial charge in [-0.25, -0.2) is 0 Å². The molecule has 1 atom stereocenters. The minimum Gasteiger partial charge on any atom is -0.350 e. The second-order valence-electron chi connectivity index (χ2n) is 5.25. The molecule has 0 fully saturated rings. The van der Waals surface area contributed by atoms with E-state index in [1.165, 1.54) is 5.56 Å². The number of thiophene rings is 1. The summed E-state index contributed by atoms with van der Waals surface area (Å²) in [5.41, 5.74) is 1.24. The van der Waals surface area contributed by atoms with Crippen LogP contribution in [-0.2, 0) is 6.42 Å². The van der Waals surface area contributed by atoms with Crippen molar-refractivity contribution < 1.29 is 4.79 Å². The van der Waals surface area contributed by atoms with Crippen LogP contribution in [-0.4, -0.2) is 37.5 Å². The summed E-state index contributed by atoms with van der Waals surface area (Å²) in [6.45, 7) is 0.544. The maximum absolute atomic E-state index is 12.1. The molecule has 0 unspecified atom stereocenters. The molecule has 0 radical (unpaired) electrons. The van der Waals surface area contributed by atoms with Crippen molar-refractivity contribution in [1.82, 2.24) is 10.2 Å². The molecule has 1 heterocycles. The number of carbonyl (C=O) groups is 1. The van der Waals surface area contributed by atoms with E-state index in [1.807, 2.05) is 32.3 Å². The van der Waals surface area contributed by atoms with Gasteiger partial charge >= 0.3 is 0 Å². The van der Waals surface area contributed by atoms with Crippen molar-refractivity contribution in [2.45, 2.75) is 12.5 Å². The topological polar surface area (TPSA) is 61.8 Å². The monoisotopic (exact) mass is 317 g/mol. The molecule has 0 spiro atoms. The molecule has 1 aromatic heterocycles. The Morgan fingerprint density at radius 3 is 2.55 bits per heavy atom. The van der Waals surface area contributed by atoms with E-state index in [9.17, 15) is 9.70 Å². The van der Waals surface area contributed by atoms with Crippen molar-refractivity contribution in [3.8, 4) is 0 Å². The fourth-order valence-corrected chi connectivity index (χ4v) is 2.82. The Labute approximate surface area is 133 Å². The van der Waals surface area contributed by atoms with Crippen LogP contribution in [0, 0.1) is 4.91 Å². The smallest absolute Gasteiger partial charge is 0.261 e. The van der Waals surface area contributed by atoms with Gasteiger partial charge in [-0.1, -0.05) is 30.3 Å². The third kappa shape index (κ3) is 4.47. The summed E-state index contributed by atoms with van der Waals surface area (Å²) in [7, 11) is 4.00. The third-order valence-electron chi connectivity index (χ3n) is 3.45. The lowest BCUT2D eigenvalue weighted by Crippen LogP contribution is -2.41. The molecule has 0 saturated heterocycles. The molecule has 1 amide bonds. The maximum atomic E-state index is 12.1. The molecule has 116 valence electrons. The zero-order valence-corrected chi connectivity index (χ0v) is 13.5. The number of rotatable bonds is 7. The first-order chi connectivity index (χ1) is 10.6. The highest BCUT2D eigenvalue weighted by atomic mass is 32.1. The van der Waals surface area contributed by atoms with Crippen LogP contribution < -0.4 is 5.32 Å². The number of nitrogens with zero attached hydrogens (tertiary/aromatic N) is 2. The Kier molecular flexibility index (Phi) is 5.80. The van der Waals surface area contributed by atoms with Crippen LogP contribution in [0.15, 0.2) is 47.6 Å². The van der Waals surface area contributed by atoms with Crippen molar-refractivity contribution in [2.24, 2.45) is 5.18 Å². The van der Waals surface area contributed by atoms with E-state index in [2.05, 4.69) is 27.5 Å². The van der Waals surface area contributed by atoms with E-state index in [1.54, 1.807) is 12.1 Å². The third-order valence-corrected chi connectivity index (χ3v) is 4.41. The van der Waals surface area contributed by atoms with E-state index >= 15 is 0 Å². The van der Waals surface area contributed by atoms with Crippen molar-refractivity contribution in [2.75, 3.05) is 20.6 Å². The number of benzene rings is 1. The lowest BCUT2D eigenvalue weighted by Gasteiger charge is -2.24. The molecule has 2 rings (SSSR count). The standard InChI is InChI=1S/C16H19N3O2S/c1-19(2)13(10-12-6-4-3-5-7-12)11-17-16(20)14-8-9-15(18-21)22-14/h3-9,13H,10-11H2,1-2H3,(H,17,20)/t13-/m0/s1. The fourth-order valence-electron chi connectivity index (χ4n) is 2.12. The first-order valence-corrected chi connectivity index (χ1v) is 7.83. The lowest BCUT2D eigenvalue weighted by molar-refractivity contribution is 0.0946. The molecule has 0 saturated carbocycles. The molecular formula is C16H19N3O2S. The predicted molar refractivity (Wildman–Crippen MR) is 89.7 cm³/mol. The molecule has 1 N–H and O–H groups in total. The zero-order chi connectivity index (χ0) is 15.9. The first kappa shape index (κ1) is 16.3. The molecule has 1 aromatic carbocycles. The predicted octanol–water partition coefficient (Wildman–Crippen LogP) is 3.05. The summed E-state index contributed by atoms with van der Waals surface area (Å²) < 4.78 is 0. The summed E-state index contributed by atoms with van der Waals surface area (Å²) in [6, 6.07) is 13.6. The zero-order valence-electron chi connectivity index (χ0n) is 12.7. The van der Waals surface area contributed by atoms with Gasteiger partial charge in [-0.3, -0.25) is 4.79 Å². The van der Waals surface area contributed by atoms with Gasteiger partial charge in [-0.05, 0) is 43.4 Å². The number of likely N-dealkylation sites (N-methyl/N-ethyl adjacent to an activating group) is 1. The van der Waals surface area contributed by atoms with Crippen LogP contribution in [0.2, 0.25) is 0 Å². The van der Waals surface area contributed by atoms with Gasteiger partial charge in [0.1, 0.15) is 0 Å². The van der Waals surface area contributed by atoms with Gasteiger partial charge in [0.05, 0.1) is 4.88 Å². The van der Waals surface area contributed by atoms with Gasteiger partial charge in [0.25, 0.3) is 5.91 Å². The van der Waals surface area contributed by atoms with E-state index in [4.69, 9.17) is 0 Å². The number of carbonyl (C=O) groups excluding carboxylic acids is 1. The SMILES string of the molecule is CN(C)[C@H](CNC(=O)c1ccc(N=O)s1)Cc1ccccc1. The van der Waals surface area contributed by atoms with Crippen LogP contribution in [0.5, 0.6) is 0 Å². The number of hydrogen-bond donors (Lipinski definition) is 1. The van der Waals surface area contributed by atoms with Gasteiger partial charge in [-0.15, -0.1) is 16.2 Å². The van der Waals surface area contributed by atoms with Gasteiger partial charge in [0.2, 0.25) is 0 Å². The second kappa shape index (κ2) is 7.82. The second-order valence-corrected chi connectivity index (χ2v) is 6.31. The quantitative estimate of drug-likeness (QED) is 0.798. The molecular weight excluding hydrogens is 298 g/mol. The number of nitroso groups, excluding NO2 is 1. The normalized spacial score (nSPS) is 12.1. The Hall–Kier alpha value is -2.05. The molecule has 2 aromatic rings. The van der Waals surface area contributed by atoms with Crippen LogP contribution in [0.3, 0.4) is 0 Å². The van der Waals surface area contributed by atoms with Gasteiger partial charge in [-0.2, -0.15) is 0 Å². The summed E-state index contributed by atoms with van der Waals surface area (Å²) in [5.74, 6) is -0.167. The van der Waals surface area contributed by atoms with Crippen molar-refractivity contribution in [1.29, 1.82) is 0 Å². The van der Waals surface area contributed by atoms with E-state index < -0.39 is 0 Å². The highest BCUT2D eigenvalue weighted by Gasteiger charge is 2.15. The van der Waals surface area contributed by atoms with Crippen LogP contribution in [0.1, 0.15) is 15.2 Å². The fraction of sp³-hybridized carbons (Fsp3) is 0.312. The van der Waals surface area contributed by atoms with E-state index in [-0.39, 0.29) is 11.9 Å². The first-order valence-electron chi connectivity index (χ1n) is 7.02. The molecule has 0 aliphatic carbocycles. The largest absolute Gasteiger partial charge is 0.350 e. The minimum absolute atomic E-state index is 0.167. The molecule has 0 aliphatic heterocycles. The Morgan fingerprint density at radius 2 is 1.95 bits per heavy atom. The summed E-state index contributed by atoms with van der Waals surface area (Å²) >= 11 is 1.10. The summed E-state index contributed by atoms with van der Waals surface area (Å²) in [6.07, 6.45) is 0.861. The minimum atomic E-state index is -0.167. The Morgan fingerprint density at radius 1 is 1.23 bits per heavy atom. The number of amides is 1. The lowest BCUT2D eigenvalue weighted by atomic mass is 10.1. The molecule has 22 heavy (non-hydrogen) atoms. The average Bonchev–Trinajstić information content (AvgIpc) is 3.01. The molecule has 0 aliphatic rings. The Bertz CT molecular complexity index is 625. The Balaban J connectivity index is 1.94. The number of hydrogen-bond acceptors (Lipinski definition) is 5. The summed E-state index contributed by atoms with van der Waals surface area (Å²) in [5, 5.41) is 6.08. The average molecular weight is 317 g/mol. The van der Waals surface area contributed by atoms with Gasteiger partial charge < -0.3 is 10.2 Å². The highest BCUT2D eigenvalue weighted by molar-refractivity contribution is 7.17. The molecule has 6 heteroatoms. The van der Waals surface area contributed by atoms with Crippen molar-refractivity contribution in [3.63, 3.8) is 0 Å². The molecule has 0 bridgehead atoms. The summed E-state index contributed by atoms with van der Waals surface area (Å²) in [4.78, 5) is 25.1. The van der Waals surface area contributed by atoms with E-state index in [0.29, 0.717) is 16.4 Å². The maximum Gasteiger partial charge on any atom is 0.261 e. The van der Waals surface area contributed by atoms with Crippen molar-refractivity contribution >= 4 is 22.2 Å². The van der Waals surface area contributed by atoms with Crippen LogP contribution >= 0.6 is 11.3 Å². The van der Waals surface area contributed by atoms with Crippen LogP contribution in [0.4, 0.5) is 5.00 Å². The van der Waals surface area contributed by atoms with Crippen LogP contribution in [0.25, 0.3) is 0 Å². The highest BCUT2D eigenvalue weighted by Crippen LogP contribution is 2.24. The van der Waals surface area contributed by atoms with Gasteiger partial charge in [0, 0.05) is 12.6 Å². The van der Waals surface area contributed by atoms with Crippen molar-refractivity contribution in [3.05, 3.63) is 57.8 Å². The van der Waals surface area contributed by atoms with E-state index in [0.717, 1.165) is 17.8 Å². The number of nitrogens with one attached hydrogen (secondary N) is 1. The molecule has 5 nitrogen and oxygen atoms in total.